The molecule has 2 aromatic rings. The van der Waals surface area contributed by atoms with E-state index >= 15 is 0 Å². The first-order valence-electron chi connectivity index (χ1n) is 10.6. The van der Waals surface area contributed by atoms with Crippen LogP contribution in [0.1, 0.15) is 38.8 Å². The maximum absolute atomic E-state index is 11.4. The van der Waals surface area contributed by atoms with Crippen LogP contribution in [0.2, 0.25) is 8.87 Å². The van der Waals surface area contributed by atoms with E-state index in [1.807, 2.05) is 0 Å². The minimum atomic E-state index is -1.49. The molecule has 0 aliphatic carbocycles. The molecule has 0 saturated heterocycles. The Kier molecular flexibility index (Phi) is 12.9. The van der Waals surface area contributed by atoms with E-state index in [2.05, 4.69) is 27.7 Å². The Bertz CT molecular complexity index is 758. The molecule has 0 N–H and O–H groups in total. The molecule has 0 amide bonds. The molecule has 2 rings (SSSR count). The monoisotopic (exact) mass is 528 g/mol. The van der Waals surface area contributed by atoms with Gasteiger partial charge in [0.1, 0.15) is 0 Å². The van der Waals surface area contributed by atoms with Crippen molar-refractivity contribution in [1.82, 2.24) is 0 Å². The van der Waals surface area contributed by atoms with Gasteiger partial charge >= 0.3 is 69.5 Å². The van der Waals surface area contributed by atoms with Gasteiger partial charge in [0.05, 0.1) is 11.9 Å². The molecule has 4 nitrogen and oxygen atoms in total. The molecule has 164 valence electrons. The Labute approximate surface area is 196 Å². The van der Waals surface area contributed by atoms with Crippen molar-refractivity contribution < 1.29 is 19.8 Å². The number of benzene rings is 2. The maximum atomic E-state index is 11.4. The molecule has 0 bridgehead atoms. The molecular weight excluding hydrogens is 495 g/mol. The van der Waals surface area contributed by atoms with Crippen LogP contribution in [-0.4, -0.2) is 33.1 Å². The van der Waals surface area contributed by atoms with Crippen LogP contribution >= 0.6 is 0 Å². The van der Waals surface area contributed by atoms with Crippen molar-refractivity contribution in [2.45, 2.75) is 49.4 Å². The van der Waals surface area contributed by atoms with Crippen molar-refractivity contribution in [2.75, 3.05) is 0 Å². The van der Waals surface area contributed by atoms with Crippen LogP contribution in [0.15, 0.2) is 71.8 Å². The molecule has 0 atom stereocenters. The first-order valence-corrected chi connectivity index (χ1v) is 14.7. The van der Waals surface area contributed by atoms with E-state index in [0.717, 1.165) is 11.8 Å². The van der Waals surface area contributed by atoms with Crippen LogP contribution in [-0.2, 0) is 22.4 Å². The number of hydrogen-bond acceptors (Lipinski definition) is 4. The molecule has 0 unspecified atom stereocenters. The summed E-state index contributed by atoms with van der Waals surface area (Å²) in [5, 5.41) is 22.8. The smallest absolute Gasteiger partial charge is 0.0681 e. The average molecular weight is 527 g/mol. The number of carbonyl (C=O) groups is 2. The van der Waals surface area contributed by atoms with Crippen molar-refractivity contribution in [2.24, 2.45) is 11.8 Å². The molecule has 0 heterocycles. The van der Waals surface area contributed by atoms with Gasteiger partial charge in [-0.05, 0) is 35.1 Å². The summed E-state index contributed by atoms with van der Waals surface area (Å²) in [6.07, 6.45) is -0.0291. The Morgan fingerprint density at radius 3 is 1.26 bits per heavy atom. The minimum Gasteiger partial charge on any atom is -0.545 e. The summed E-state index contributed by atoms with van der Waals surface area (Å²) in [7, 11) is 0. The predicted molar refractivity (Wildman–Crippen MR) is 122 cm³/mol. The SMILES string of the molecule is CC(C)[CH2][Sn+2][CH2]C(C)C.O=C([O-])C(Cc1ccccc1)=C(Cc1ccccc1)C(=O)[O-]. The van der Waals surface area contributed by atoms with E-state index in [1.165, 1.54) is 0 Å². The molecule has 0 aliphatic rings. The van der Waals surface area contributed by atoms with E-state index in [0.29, 0.717) is 11.1 Å². The molecule has 5 heteroatoms. The predicted octanol–water partition coefficient (Wildman–Crippen LogP) is 3.11. The molecule has 2 aromatic carbocycles. The summed E-state index contributed by atoms with van der Waals surface area (Å²) in [6, 6.07) is 17.6. The van der Waals surface area contributed by atoms with Gasteiger partial charge in [-0.15, -0.1) is 0 Å². The zero-order valence-corrected chi connectivity index (χ0v) is 21.7. The summed E-state index contributed by atoms with van der Waals surface area (Å²) in [5.74, 6) is -1.04. The number of carbonyl (C=O) groups excluding carboxylic acids is 2. The van der Waals surface area contributed by atoms with E-state index < -0.39 is 11.9 Å². The quantitative estimate of drug-likeness (QED) is 0.352. The Hall–Kier alpha value is -2.08. The minimum absolute atomic E-state index is 0.0146. The van der Waals surface area contributed by atoms with Crippen molar-refractivity contribution in [3.8, 4) is 0 Å². The average Bonchev–Trinajstić information content (AvgIpc) is 2.71. The van der Waals surface area contributed by atoms with Crippen LogP contribution in [0, 0.1) is 11.8 Å². The molecule has 0 radical (unpaired) electrons. The van der Waals surface area contributed by atoms with E-state index in [4.69, 9.17) is 0 Å². The number of rotatable bonds is 10. The van der Waals surface area contributed by atoms with Crippen LogP contribution in [0.25, 0.3) is 0 Å². The first kappa shape index (κ1) is 27.0. The second kappa shape index (κ2) is 14.8. The molecule has 0 aromatic heterocycles. The molecule has 0 saturated carbocycles. The third-order valence-electron chi connectivity index (χ3n) is 4.41. The van der Waals surface area contributed by atoms with Crippen molar-refractivity contribution in [1.29, 1.82) is 0 Å². The fraction of sp³-hybridized carbons (Fsp3) is 0.385. The fourth-order valence-electron chi connectivity index (χ4n) is 2.86. The van der Waals surface area contributed by atoms with E-state index in [9.17, 15) is 19.8 Å². The molecular formula is C26H32O4Sn. The Balaban J connectivity index is 0.000000452. The second-order valence-corrected chi connectivity index (χ2v) is 12.1. The topological polar surface area (TPSA) is 80.3 Å². The summed E-state index contributed by atoms with van der Waals surface area (Å²) >= 11 is 0.0709. The Morgan fingerprint density at radius 2 is 1.00 bits per heavy atom. The van der Waals surface area contributed by atoms with Crippen LogP contribution in [0.3, 0.4) is 0 Å². The molecule has 0 fully saturated rings. The fourth-order valence-corrected chi connectivity index (χ4v) is 6.64. The van der Waals surface area contributed by atoms with Gasteiger partial charge in [-0.2, -0.15) is 0 Å². The molecule has 0 aliphatic heterocycles. The van der Waals surface area contributed by atoms with Gasteiger partial charge in [0.2, 0.25) is 0 Å². The van der Waals surface area contributed by atoms with Crippen molar-refractivity contribution in [3.63, 3.8) is 0 Å². The van der Waals surface area contributed by atoms with E-state index in [1.54, 1.807) is 69.5 Å². The largest absolute Gasteiger partial charge is 0.545 e. The van der Waals surface area contributed by atoms with E-state index in [-0.39, 0.29) is 45.1 Å². The van der Waals surface area contributed by atoms with Crippen molar-refractivity contribution in [3.05, 3.63) is 82.9 Å². The summed E-state index contributed by atoms with van der Waals surface area (Å²) in [6.45, 7) is 9.34. The maximum Gasteiger partial charge on any atom is 0.0681 e. The van der Waals surface area contributed by atoms with Gasteiger partial charge in [0, 0.05) is 0 Å². The molecule has 0 spiro atoms. The third kappa shape index (κ3) is 11.8. The molecule has 31 heavy (non-hydrogen) atoms. The number of carboxylic acids is 2. The van der Waals surface area contributed by atoms with Crippen molar-refractivity contribution >= 4 is 33.1 Å². The van der Waals surface area contributed by atoms with Crippen LogP contribution in [0.5, 0.6) is 0 Å². The number of carboxylic acid groups (broad SMARTS) is 2. The summed E-state index contributed by atoms with van der Waals surface area (Å²) in [5.41, 5.74) is 0.895. The number of hydrogen-bond donors (Lipinski definition) is 0. The van der Waals surface area contributed by atoms with Gasteiger partial charge in [0.15, 0.2) is 0 Å². The van der Waals surface area contributed by atoms with Crippen LogP contribution in [0.4, 0.5) is 0 Å². The van der Waals surface area contributed by atoms with Gasteiger partial charge in [-0.25, -0.2) is 0 Å². The first-order chi connectivity index (χ1) is 14.7. The second-order valence-electron chi connectivity index (χ2n) is 8.30. The van der Waals surface area contributed by atoms with Gasteiger partial charge in [-0.3, -0.25) is 0 Å². The van der Waals surface area contributed by atoms with Gasteiger partial charge < -0.3 is 19.8 Å². The summed E-state index contributed by atoms with van der Waals surface area (Å²) in [4.78, 5) is 22.8. The number of aliphatic carboxylic acids is 2. The van der Waals surface area contributed by atoms with Gasteiger partial charge in [0.25, 0.3) is 0 Å². The normalized spacial score (nSPS) is 11.3. The zero-order chi connectivity index (χ0) is 23.2. The Morgan fingerprint density at radius 1 is 0.677 bits per heavy atom. The third-order valence-corrected chi connectivity index (χ3v) is 10.7. The standard InChI is InChI=1S/C18H16O4.2C4H9.Sn/c19-17(20)15(11-13-7-3-1-4-8-13)16(18(21)22)12-14-9-5-2-6-10-14;2*1-4(2)3;/h1-10H,11-12H2,(H,19,20)(H,21,22);2*4H,1H2,2-3H3;/q;;;+2/p-2. The zero-order valence-electron chi connectivity index (χ0n) is 18.9. The van der Waals surface area contributed by atoms with Crippen LogP contribution < -0.4 is 10.2 Å². The summed E-state index contributed by atoms with van der Waals surface area (Å²) < 4.78 is 3.14. The van der Waals surface area contributed by atoms with Gasteiger partial charge in [-0.1, -0.05) is 60.7 Å².